The summed E-state index contributed by atoms with van der Waals surface area (Å²) in [5.74, 6) is -1.83. The van der Waals surface area contributed by atoms with Crippen molar-refractivity contribution in [2.24, 2.45) is 13.0 Å². The van der Waals surface area contributed by atoms with Crippen molar-refractivity contribution < 1.29 is 18.3 Å². The lowest BCUT2D eigenvalue weighted by Gasteiger charge is -2.33. The van der Waals surface area contributed by atoms with Gasteiger partial charge in [-0.2, -0.15) is 15.0 Å². The summed E-state index contributed by atoms with van der Waals surface area (Å²) in [6.07, 6.45) is 8.55. The molecule has 2 aromatic heterocycles. The summed E-state index contributed by atoms with van der Waals surface area (Å²) in [5, 5.41) is 11.9. The highest BCUT2D eigenvalue weighted by Crippen LogP contribution is 2.41. The first kappa shape index (κ1) is 24.5. The lowest BCUT2D eigenvalue weighted by atomic mass is 9.84. The standard InChI is InChI=1S/C24H34F2N6O2S/c1-31-27-15-18(30-31)12-22(33)28-17-4-2-16(3-5-17)6-9-32-10-7-20-21(8-11-32)35-23(29-20)34-19-13-24(25,26)14-19/h15-17,19H,2-14H2,1H3,(H,28,33)/t16-,17-. The number of rotatable bonds is 8. The van der Waals surface area contributed by atoms with Crippen LogP contribution in [-0.4, -0.2) is 68.5 Å². The van der Waals surface area contributed by atoms with Crippen LogP contribution in [0.25, 0.3) is 0 Å². The van der Waals surface area contributed by atoms with E-state index in [4.69, 9.17) is 4.74 Å². The van der Waals surface area contributed by atoms with Crippen LogP contribution in [0.4, 0.5) is 8.78 Å². The number of thiazole rings is 1. The Kier molecular flexibility index (Phi) is 7.34. The number of carbonyl (C=O) groups excluding carboxylic acids is 1. The van der Waals surface area contributed by atoms with E-state index >= 15 is 0 Å². The minimum Gasteiger partial charge on any atom is -0.466 e. The number of hydrogen-bond acceptors (Lipinski definition) is 7. The SMILES string of the molecule is Cn1ncc(CC(=O)N[C@H]2CC[C@H](CCN3CCc4nc(OC5CC(F)(F)C5)sc4CC3)CC2)n1. The fourth-order valence-corrected chi connectivity index (χ4v) is 6.37. The Hall–Kier alpha value is -2.14. The molecule has 0 radical (unpaired) electrons. The Bertz CT molecular complexity index is 986. The van der Waals surface area contributed by atoms with Gasteiger partial charge >= 0.3 is 0 Å². The van der Waals surface area contributed by atoms with Gasteiger partial charge < -0.3 is 15.0 Å². The van der Waals surface area contributed by atoms with E-state index in [1.54, 1.807) is 13.2 Å². The zero-order valence-electron chi connectivity index (χ0n) is 20.2. The molecule has 8 nitrogen and oxygen atoms in total. The molecule has 1 aliphatic heterocycles. The van der Waals surface area contributed by atoms with E-state index in [1.165, 1.54) is 27.4 Å². The molecule has 1 N–H and O–H groups in total. The molecule has 2 aliphatic carbocycles. The van der Waals surface area contributed by atoms with Gasteiger partial charge in [0.05, 0.1) is 24.0 Å². The molecule has 0 bridgehead atoms. The first-order valence-electron chi connectivity index (χ1n) is 12.7. The lowest BCUT2D eigenvalue weighted by Crippen LogP contribution is -2.43. The quantitative estimate of drug-likeness (QED) is 0.590. The number of ether oxygens (including phenoxy) is 1. The number of amides is 1. The summed E-state index contributed by atoms with van der Waals surface area (Å²) >= 11 is 1.53. The predicted molar refractivity (Wildman–Crippen MR) is 128 cm³/mol. The number of carbonyl (C=O) groups is 1. The monoisotopic (exact) mass is 508 g/mol. The second-order valence-electron chi connectivity index (χ2n) is 10.3. The van der Waals surface area contributed by atoms with Gasteiger partial charge in [0.25, 0.3) is 11.1 Å². The van der Waals surface area contributed by atoms with Crippen molar-refractivity contribution in [3.8, 4) is 5.19 Å². The highest BCUT2D eigenvalue weighted by molar-refractivity contribution is 7.13. The minimum atomic E-state index is -2.56. The third kappa shape index (κ3) is 6.55. The Morgan fingerprint density at radius 1 is 1.23 bits per heavy atom. The molecule has 0 aromatic carbocycles. The smallest absolute Gasteiger partial charge is 0.273 e. The van der Waals surface area contributed by atoms with E-state index in [1.807, 2.05) is 0 Å². The van der Waals surface area contributed by atoms with Crippen LogP contribution in [0.2, 0.25) is 0 Å². The van der Waals surface area contributed by atoms with Crippen molar-refractivity contribution in [1.82, 2.24) is 30.2 Å². The van der Waals surface area contributed by atoms with Crippen LogP contribution in [0.15, 0.2) is 6.20 Å². The summed E-state index contributed by atoms with van der Waals surface area (Å²) in [5.41, 5.74) is 1.78. The van der Waals surface area contributed by atoms with E-state index < -0.39 is 12.0 Å². The Labute approximate surface area is 208 Å². The summed E-state index contributed by atoms with van der Waals surface area (Å²) in [7, 11) is 1.75. The summed E-state index contributed by atoms with van der Waals surface area (Å²) in [4.78, 5) is 22.1. The molecule has 3 aliphatic rings. The maximum absolute atomic E-state index is 13.0. The second kappa shape index (κ2) is 10.5. The van der Waals surface area contributed by atoms with Gasteiger partial charge in [-0.05, 0) is 51.0 Å². The van der Waals surface area contributed by atoms with Gasteiger partial charge in [0.2, 0.25) is 5.91 Å². The van der Waals surface area contributed by atoms with Crippen molar-refractivity contribution in [3.63, 3.8) is 0 Å². The van der Waals surface area contributed by atoms with Crippen molar-refractivity contribution >= 4 is 17.2 Å². The molecular weight excluding hydrogens is 474 g/mol. The molecular formula is C24H34F2N6O2S. The van der Waals surface area contributed by atoms with Crippen LogP contribution in [0, 0.1) is 5.92 Å². The third-order valence-electron chi connectivity index (χ3n) is 7.45. The molecule has 0 unspecified atom stereocenters. The number of hydrogen-bond donors (Lipinski definition) is 1. The van der Waals surface area contributed by atoms with Crippen molar-refractivity contribution in [3.05, 3.63) is 22.5 Å². The molecule has 0 spiro atoms. The molecule has 2 fully saturated rings. The van der Waals surface area contributed by atoms with E-state index in [0.717, 1.165) is 63.9 Å². The molecule has 2 saturated carbocycles. The number of aromatic nitrogens is 4. The molecule has 5 rings (SSSR count). The van der Waals surface area contributed by atoms with Crippen LogP contribution in [0.1, 0.15) is 61.2 Å². The zero-order chi connectivity index (χ0) is 24.4. The van der Waals surface area contributed by atoms with Gasteiger partial charge in [0.1, 0.15) is 6.10 Å². The van der Waals surface area contributed by atoms with Gasteiger partial charge in [0, 0.05) is 50.3 Å². The summed E-state index contributed by atoms with van der Waals surface area (Å²) in [6.45, 7) is 3.07. The van der Waals surface area contributed by atoms with Crippen LogP contribution < -0.4 is 10.1 Å². The molecule has 0 saturated heterocycles. The van der Waals surface area contributed by atoms with Crippen LogP contribution in [-0.2, 0) is 31.1 Å². The first-order chi connectivity index (χ1) is 16.8. The lowest BCUT2D eigenvalue weighted by molar-refractivity contribution is -0.134. The van der Waals surface area contributed by atoms with Crippen molar-refractivity contribution in [2.45, 2.75) is 82.3 Å². The summed E-state index contributed by atoms with van der Waals surface area (Å²) in [6, 6.07) is 0.262. The second-order valence-corrected chi connectivity index (χ2v) is 11.3. The Morgan fingerprint density at radius 3 is 2.71 bits per heavy atom. The molecule has 1 amide bonds. The normalized spacial score (nSPS) is 24.9. The maximum atomic E-state index is 13.0. The van der Waals surface area contributed by atoms with Gasteiger partial charge in [-0.1, -0.05) is 11.3 Å². The zero-order valence-corrected chi connectivity index (χ0v) is 21.0. The van der Waals surface area contributed by atoms with Crippen LogP contribution in [0.5, 0.6) is 5.19 Å². The number of fused-ring (bicyclic) bond motifs is 1. The van der Waals surface area contributed by atoms with Gasteiger partial charge in [-0.3, -0.25) is 4.79 Å². The molecule has 35 heavy (non-hydrogen) atoms. The highest BCUT2D eigenvalue weighted by Gasteiger charge is 2.47. The van der Waals surface area contributed by atoms with E-state index in [2.05, 4.69) is 25.4 Å². The maximum Gasteiger partial charge on any atom is 0.273 e. The fourth-order valence-electron chi connectivity index (χ4n) is 5.36. The third-order valence-corrected chi connectivity index (χ3v) is 8.50. The van der Waals surface area contributed by atoms with Crippen LogP contribution in [0.3, 0.4) is 0 Å². The first-order valence-corrected chi connectivity index (χ1v) is 13.5. The number of aryl methyl sites for hydroxylation is 1. The molecule has 2 aromatic rings. The number of nitrogens with zero attached hydrogens (tertiary/aromatic N) is 5. The Balaban J connectivity index is 0.987. The molecule has 11 heteroatoms. The predicted octanol–water partition coefficient (Wildman–Crippen LogP) is 3.16. The van der Waals surface area contributed by atoms with Gasteiger partial charge in [0.15, 0.2) is 0 Å². The number of nitrogens with one attached hydrogen (secondary N) is 1. The topological polar surface area (TPSA) is 85.2 Å². The Morgan fingerprint density at radius 2 is 2.00 bits per heavy atom. The largest absolute Gasteiger partial charge is 0.466 e. The number of alkyl halides is 2. The molecule has 3 heterocycles. The molecule has 192 valence electrons. The average molecular weight is 509 g/mol. The van der Waals surface area contributed by atoms with Crippen molar-refractivity contribution in [1.29, 1.82) is 0 Å². The van der Waals surface area contributed by atoms with E-state index in [0.29, 0.717) is 16.8 Å². The average Bonchev–Trinajstić information content (AvgIpc) is 3.32. The van der Waals surface area contributed by atoms with E-state index in [-0.39, 0.29) is 31.2 Å². The van der Waals surface area contributed by atoms with Gasteiger partial charge in [-0.15, -0.1) is 0 Å². The fraction of sp³-hybridized carbons (Fsp3) is 0.750. The molecule has 0 atom stereocenters. The summed E-state index contributed by atoms with van der Waals surface area (Å²) < 4.78 is 31.8. The van der Waals surface area contributed by atoms with Crippen LogP contribution >= 0.6 is 11.3 Å². The number of halogens is 2. The minimum absolute atomic E-state index is 0.0266. The van der Waals surface area contributed by atoms with Gasteiger partial charge in [-0.25, -0.2) is 13.8 Å². The highest BCUT2D eigenvalue weighted by atomic mass is 32.1. The van der Waals surface area contributed by atoms with E-state index in [9.17, 15) is 13.6 Å². The van der Waals surface area contributed by atoms with Crippen molar-refractivity contribution in [2.75, 3.05) is 19.6 Å².